The Morgan fingerprint density at radius 1 is 0.340 bits per heavy atom. The summed E-state index contributed by atoms with van der Waals surface area (Å²) in [5, 5.41) is 7.45. The van der Waals surface area contributed by atoms with Crippen LogP contribution in [0.5, 0.6) is 0 Å². The van der Waals surface area contributed by atoms with Gasteiger partial charge >= 0.3 is 0 Å². The molecule has 0 aliphatic carbocycles. The summed E-state index contributed by atoms with van der Waals surface area (Å²) in [5.74, 6) is 0. The van der Waals surface area contributed by atoms with Crippen molar-refractivity contribution in [2.45, 2.75) is 13.8 Å². The normalized spacial score (nSPS) is 11.4. The number of nitrogens with zero attached hydrogens (tertiary/aromatic N) is 2. The van der Waals surface area contributed by atoms with Gasteiger partial charge in [0.05, 0.1) is 0 Å². The molecule has 0 radical (unpaired) electrons. The van der Waals surface area contributed by atoms with Gasteiger partial charge in [-0.15, -0.1) is 0 Å². The van der Waals surface area contributed by atoms with E-state index in [4.69, 9.17) is 0 Å². The average Bonchev–Trinajstić information content (AvgIpc) is 3.17. The van der Waals surface area contributed by atoms with E-state index in [9.17, 15) is 0 Å². The quantitative estimate of drug-likeness (QED) is 0.175. The van der Waals surface area contributed by atoms with Crippen LogP contribution in [0.25, 0.3) is 88.0 Å². The first kappa shape index (κ1) is 29.7. The number of pyridine rings is 2. The van der Waals surface area contributed by atoms with Crippen LogP contribution in [0.3, 0.4) is 0 Å². The van der Waals surface area contributed by atoms with Crippen LogP contribution in [0.4, 0.5) is 0 Å². The summed E-state index contributed by atoms with van der Waals surface area (Å²) in [4.78, 5) is 8.80. The van der Waals surface area contributed by atoms with Crippen molar-refractivity contribution in [3.8, 4) is 55.6 Å². The van der Waals surface area contributed by atoms with Gasteiger partial charge in [-0.25, -0.2) is 0 Å². The second-order valence-corrected chi connectivity index (χ2v) is 13.2. The lowest BCUT2D eigenvalue weighted by molar-refractivity contribution is 1.29. The van der Waals surface area contributed by atoms with Gasteiger partial charge in [-0.3, -0.25) is 9.97 Å². The smallest absolute Gasteiger partial charge is 0.0349 e. The predicted octanol–water partition coefficient (Wildman–Crippen LogP) is 12.9. The maximum absolute atomic E-state index is 4.40. The molecule has 9 rings (SSSR count). The second-order valence-electron chi connectivity index (χ2n) is 13.2. The van der Waals surface area contributed by atoms with Crippen molar-refractivity contribution in [3.05, 3.63) is 182 Å². The number of hydrogen-bond donors (Lipinski definition) is 0. The monoisotopic (exact) mass is 638 g/mol. The molecule has 0 saturated heterocycles. The molecular formula is C48H34N2. The van der Waals surface area contributed by atoms with E-state index in [-0.39, 0.29) is 0 Å². The molecule has 2 heterocycles. The Morgan fingerprint density at radius 2 is 0.780 bits per heavy atom. The molecule has 0 aliphatic rings. The van der Waals surface area contributed by atoms with Crippen LogP contribution in [0.2, 0.25) is 0 Å². The van der Waals surface area contributed by atoms with Gasteiger partial charge in [-0.1, -0.05) is 121 Å². The topological polar surface area (TPSA) is 25.8 Å². The van der Waals surface area contributed by atoms with E-state index >= 15 is 0 Å². The van der Waals surface area contributed by atoms with Crippen molar-refractivity contribution in [2.75, 3.05) is 0 Å². The van der Waals surface area contributed by atoms with Crippen molar-refractivity contribution < 1.29 is 0 Å². The van der Waals surface area contributed by atoms with Crippen molar-refractivity contribution in [2.24, 2.45) is 0 Å². The van der Waals surface area contributed by atoms with Gasteiger partial charge < -0.3 is 0 Å². The number of aromatic nitrogens is 2. The standard InChI is InChI=1S/C48H34N2/c1-31-23-25-49-29-45(31)34-12-16-36(17-13-34)47-41-9-5-6-10-42(41)48(37-18-14-35(15-19-37)46-30-50-26-24-32(46)2)44-28-40(21-22-43(44)47)39-20-11-33-7-3-4-8-38(33)27-39/h3-30H,1-2H3. The maximum atomic E-state index is 4.40. The van der Waals surface area contributed by atoms with E-state index in [0.717, 1.165) is 11.1 Å². The minimum atomic E-state index is 1.16. The summed E-state index contributed by atoms with van der Waals surface area (Å²) >= 11 is 0. The third kappa shape index (κ3) is 5.14. The highest BCUT2D eigenvalue weighted by Crippen LogP contribution is 2.45. The highest BCUT2D eigenvalue weighted by atomic mass is 14.6. The minimum Gasteiger partial charge on any atom is -0.264 e. The van der Waals surface area contributed by atoms with Crippen LogP contribution >= 0.6 is 0 Å². The molecule has 7 aromatic carbocycles. The van der Waals surface area contributed by atoms with Crippen LogP contribution in [0, 0.1) is 13.8 Å². The Kier molecular flexibility index (Phi) is 7.29. The Morgan fingerprint density at radius 3 is 1.36 bits per heavy atom. The number of fused-ring (bicyclic) bond motifs is 3. The summed E-state index contributed by atoms with van der Waals surface area (Å²) in [6.45, 7) is 4.28. The molecule has 0 bridgehead atoms. The third-order valence-corrected chi connectivity index (χ3v) is 10.2. The first-order chi connectivity index (χ1) is 24.6. The first-order valence-electron chi connectivity index (χ1n) is 17.1. The molecule has 2 heteroatoms. The molecule has 0 amide bonds. The Hall–Kier alpha value is -6.38. The van der Waals surface area contributed by atoms with Gasteiger partial charge in [0.1, 0.15) is 0 Å². The molecule has 0 N–H and O–H groups in total. The van der Waals surface area contributed by atoms with Crippen LogP contribution in [-0.2, 0) is 0 Å². The molecule has 0 spiro atoms. The summed E-state index contributed by atoms with van der Waals surface area (Å²) in [6, 6.07) is 53.4. The van der Waals surface area contributed by atoms with E-state index < -0.39 is 0 Å². The molecule has 2 aromatic heterocycles. The lowest BCUT2D eigenvalue weighted by atomic mass is 9.84. The Bertz CT molecular complexity index is 2700. The van der Waals surface area contributed by atoms with Crippen LogP contribution < -0.4 is 0 Å². The third-order valence-electron chi connectivity index (χ3n) is 10.2. The zero-order valence-corrected chi connectivity index (χ0v) is 28.1. The second kappa shape index (κ2) is 12.3. The van der Waals surface area contributed by atoms with E-state index in [0.29, 0.717) is 0 Å². The molecule has 0 fully saturated rings. The van der Waals surface area contributed by atoms with Gasteiger partial charge in [-0.2, -0.15) is 0 Å². The van der Waals surface area contributed by atoms with E-state index in [1.165, 1.54) is 88.0 Å². The van der Waals surface area contributed by atoms with Gasteiger partial charge in [0.25, 0.3) is 0 Å². The van der Waals surface area contributed by atoms with E-state index in [1.807, 2.05) is 24.8 Å². The zero-order chi connectivity index (χ0) is 33.6. The van der Waals surface area contributed by atoms with E-state index in [2.05, 4.69) is 169 Å². The summed E-state index contributed by atoms with van der Waals surface area (Å²) in [7, 11) is 0. The largest absolute Gasteiger partial charge is 0.264 e. The van der Waals surface area contributed by atoms with E-state index in [1.54, 1.807) is 0 Å². The highest BCUT2D eigenvalue weighted by Gasteiger charge is 2.18. The molecule has 0 saturated carbocycles. The fraction of sp³-hybridized carbons (Fsp3) is 0.0417. The number of benzene rings is 7. The molecule has 0 aliphatic heterocycles. The molecular weight excluding hydrogens is 605 g/mol. The summed E-state index contributed by atoms with van der Waals surface area (Å²) < 4.78 is 0. The highest BCUT2D eigenvalue weighted by molar-refractivity contribution is 6.22. The number of hydrogen-bond acceptors (Lipinski definition) is 2. The summed E-state index contributed by atoms with van der Waals surface area (Å²) in [5.41, 5.74) is 14.4. The minimum absolute atomic E-state index is 1.16. The lowest BCUT2D eigenvalue weighted by Gasteiger charge is -2.19. The fourth-order valence-corrected chi connectivity index (χ4v) is 7.51. The fourth-order valence-electron chi connectivity index (χ4n) is 7.51. The predicted molar refractivity (Wildman–Crippen MR) is 211 cm³/mol. The molecule has 0 atom stereocenters. The lowest BCUT2D eigenvalue weighted by Crippen LogP contribution is -1.92. The molecule has 2 nitrogen and oxygen atoms in total. The van der Waals surface area contributed by atoms with Crippen molar-refractivity contribution >= 4 is 32.3 Å². The first-order valence-corrected chi connectivity index (χ1v) is 17.1. The van der Waals surface area contributed by atoms with Crippen molar-refractivity contribution in [1.82, 2.24) is 9.97 Å². The molecule has 9 aromatic rings. The Labute approximate surface area is 292 Å². The van der Waals surface area contributed by atoms with Crippen molar-refractivity contribution in [3.63, 3.8) is 0 Å². The number of rotatable bonds is 5. The van der Waals surface area contributed by atoms with Crippen LogP contribution in [0.1, 0.15) is 11.1 Å². The van der Waals surface area contributed by atoms with Crippen LogP contribution in [0.15, 0.2) is 170 Å². The van der Waals surface area contributed by atoms with Gasteiger partial charge in [0.2, 0.25) is 0 Å². The molecule has 0 unspecified atom stereocenters. The van der Waals surface area contributed by atoms with Gasteiger partial charge in [0.15, 0.2) is 0 Å². The van der Waals surface area contributed by atoms with Crippen LogP contribution in [-0.4, -0.2) is 9.97 Å². The van der Waals surface area contributed by atoms with Gasteiger partial charge in [0, 0.05) is 35.9 Å². The summed E-state index contributed by atoms with van der Waals surface area (Å²) in [6.07, 6.45) is 7.63. The SMILES string of the molecule is Cc1ccncc1-c1ccc(-c2c3ccccc3c(-c3ccc(-c4cnccc4C)cc3)c3cc(-c4ccc5ccccc5c4)ccc23)cc1. The molecule has 236 valence electrons. The van der Waals surface area contributed by atoms with Crippen molar-refractivity contribution in [1.29, 1.82) is 0 Å². The number of aryl methyl sites for hydroxylation is 2. The average molecular weight is 639 g/mol. The Balaban J connectivity index is 1.29. The van der Waals surface area contributed by atoms with Gasteiger partial charge in [-0.05, 0) is 126 Å². The zero-order valence-electron chi connectivity index (χ0n) is 28.1. The molecule has 50 heavy (non-hydrogen) atoms. The maximum Gasteiger partial charge on any atom is 0.0349 e.